The topological polar surface area (TPSA) is 117 Å². The van der Waals surface area contributed by atoms with Crippen molar-refractivity contribution in [2.24, 2.45) is 16.7 Å². The number of esters is 4. The summed E-state index contributed by atoms with van der Waals surface area (Å²) in [6.45, 7) is 17.5. The van der Waals surface area contributed by atoms with Crippen LogP contribution >= 0.6 is 0 Å². The van der Waals surface area contributed by atoms with Crippen molar-refractivity contribution in [1.82, 2.24) is 5.32 Å². The van der Waals surface area contributed by atoms with E-state index in [2.05, 4.69) is 5.32 Å². The van der Waals surface area contributed by atoms with E-state index in [-0.39, 0.29) is 60.0 Å². The summed E-state index contributed by atoms with van der Waals surface area (Å²) in [5, 5.41) is 3.11. The number of nitrogens with one attached hydrogen (secondary N) is 1. The van der Waals surface area contributed by atoms with Crippen molar-refractivity contribution < 1.29 is 38.1 Å². The van der Waals surface area contributed by atoms with Crippen LogP contribution in [0.5, 0.6) is 11.5 Å². The van der Waals surface area contributed by atoms with Crippen LogP contribution in [0.3, 0.4) is 0 Å². The first-order valence-corrected chi connectivity index (χ1v) is 14.0. The fourth-order valence-corrected chi connectivity index (χ4v) is 3.70. The second kappa shape index (κ2) is 15.7. The SMILES string of the molecule is CCC(C)CC(=O)OC(C)CN[C@@H](Cc1ccc(OC(=O)CC(C)(C)C)c(OC(=O)CC(C)(C)C)c1)C(=O)OC. The quantitative estimate of drug-likeness (QED) is 0.234. The second-order valence-corrected chi connectivity index (χ2v) is 12.9. The first-order valence-electron chi connectivity index (χ1n) is 14.0. The monoisotopic (exact) mass is 563 g/mol. The van der Waals surface area contributed by atoms with Gasteiger partial charge in [0.1, 0.15) is 12.1 Å². The summed E-state index contributed by atoms with van der Waals surface area (Å²) < 4.78 is 21.6. The maximum Gasteiger partial charge on any atom is 0.323 e. The first-order chi connectivity index (χ1) is 18.4. The van der Waals surface area contributed by atoms with Crippen LogP contribution in [0, 0.1) is 16.7 Å². The molecule has 0 bridgehead atoms. The standard InChI is InChI=1S/C31H49NO8/c1-11-20(2)14-26(33)38-21(3)19-32-23(29(36)37-10)15-22-12-13-24(39-27(34)17-30(4,5)6)25(16-22)40-28(35)18-31(7,8)9/h12-13,16,20-21,23,32H,11,14-15,17-19H2,1-10H3/t20?,21?,23-/m0/s1. The highest BCUT2D eigenvalue weighted by molar-refractivity contribution is 5.78. The minimum Gasteiger partial charge on any atom is -0.468 e. The van der Waals surface area contributed by atoms with E-state index in [0.717, 1.165) is 6.42 Å². The van der Waals surface area contributed by atoms with Crippen LogP contribution in [0.15, 0.2) is 18.2 Å². The number of ether oxygens (including phenoxy) is 4. The highest BCUT2D eigenvalue weighted by atomic mass is 16.6. The van der Waals surface area contributed by atoms with Crippen molar-refractivity contribution in [3.05, 3.63) is 23.8 Å². The number of hydrogen-bond donors (Lipinski definition) is 1. The molecule has 226 valence electrons. The number of methoxy groups -OCH3 is 1. The van der Waals surface area contributed by atoms with E-state index in [0.29, 0.717) is 12.0 Å². The van der Waals surface area contributed by atoms with Gasteiger partial charge in [-0.2, -0.15) is 0 Å². The van der Waals surface area contributed by atoms with Crippen LogP contribution < -0.4 is 14.8 Å². The molecule has 9 heteroatoms. The Morgan fingerprint density at radius 3 is 1.90 bits per heavy atom. The molecule has 0 amide bonds. The van der Waals surface area contributed by atoms with Gasteiger partial charge in [-0.1, -0.05) is 67.9 Å². The normalized spacial score (nSPS) is 14.1. The Balaban J connectivity index is 3.09. The third-order valence-corrected chi connectivity index (χ3v) is 5.93. The molecule has 0 radical (unpaired) electrons. The lowest BCUT2D eigenvalue weighted by atomic mass is 9.92. The molecule has 0 aromatic heterocycles. The Bertz CT molecular complexity index is 1010. The molecule has 1 aromatic carbocycles. The molecule has 0 aliphatic heterocycles. The largest absolute Gasteiger partial charge is 0.468 e. The van der Waals surface area contributed by atoms with Crippen LogP contribution in [-0.2, 0) is 35.1 Å². The van der Waals surface area contributed by atoms with Crippen molar-refractivity contribution in [2.45, 2.75) is 107 Å². The predicted molar refractivity (Wildman–Crippen MR) is 153 cm³/mol. The van der Waals surface area contributed by atoms with Gasteiger partial charge in [0.05, 0.1) is 20.0 Å². The van der Waals surface area contributed by atoms with Crippen LogP contribution in [-0.4, -0.2) is 49.7 Å². The molecule has 0 aliphatic rings. The molecule has 0 aliphatic carbocycles. The van der Waals surface area contributed by atoms with Crippen molar-refractivity contribution in [1.29, 1.82) is 0 Å². The third-order valence-electron chi connectivity index (χ3n) is 5.93. The maximum absolute atomic E-state index is 12.6. The smallest absolute Gasteiger partial charge is 0.323 e. The van der Waals surface area contributed by atoms with E-state index < -0.39 is 30.1 Å². The van der Waals surface area contributed by atoms with E-state index in [1.807, 2.05) is 55.4 Å². The number of benzene rings is 1. The molecule has 1 N–H and O–H groups in total. The summed E-state index contributed by atoms with van der Waals surface area (Å²) in [6, 6.07) is 4.10. The summed E-state index contributed by atoms with van der Waals surface area (Å²) in [7, 11) is 1.30. The molecule has 0 heterocycles. The molecular formula is C31H49NO8. The van der Waals surface area contributed by atoms with Crippen LogP contribution in [0.2, 0.25) is 0 Å². The Hall–Kier alpha value is -2.94. The maximum atomic E-state index is 12.6. The fraction of sp³-hybridized carbons (Fsp3) is 0.677. The molecule has 0 saturated heterocycles. The lowest BCUT2D eigenvalue weighted by Crippen LogP contribution is -2.43. The van der Waals surface area contributed by atoms with Gasteiger partial charge in [0.2, 0.25) is 0 Å². The molecule has 9 nitrogen and oxygen atoms in total. The van der Waals surface area contributed by atoms with Gasteiger partial charge in [-0.25, -0.2) is 0 Å². The Morgan fingerprint density at radius 1 is 0.850 bits per heavy atom. The van der Waals surface area contributed by atoms with E-state index in [9.17, 15) is 19.2 Å². The van der Waals surface area contributed by atoms with Gasteiger partial charge in [0.25, 0.3) is 0 Å². The van der Waals surface area contributed by atoms with Crippen LogP contribution in [0.1, 0.15) is 93.6 Å². The van der Waals surface area contributed by atoms with Gasteiger partial charge in [0.15, 0.2) is 11.5 Å². The van der Waals surface area contributed by atoms with E-state index >= 15 is 0 Å². The van der Waals surface area contributed by atoms with Crippen molar-refractivity contribution >= 4 is 23.9 Å². The zero-order chi connectivity index (χ0) is 30.7. The zero-order valence-corrected chi connectivity index (χ0v) is 26.0. The average Bonchev–Trinajstić information content (AvgIpc) is 2.80. The molecule has 1 rings (SSSR count). The number of carbonyl (C=O) groups is 4. The number of carbonyl (C=O) groups excluding carboxylic acids is 4. The van der Waals surface area contributed by atoms with E-state index in [1.54, 1.807) is 25.1 Å². The first kappa shape index (κ1) is 35.1. The third kappa shape index (κ3) is 14.4. The summed E-state index contributed by atoms with van der Waals surface area (Å²) in [5.41, 5.74) is 0.0736. The fourth-order valence-electron chi connectivity index (χ4n) is 3.70. The molecule has 40 heavy (non-hydrogen) atoms. The molecule has 1 aromatic rings. The Morgan fingerprint density at radius 2 is 1.40 bits per heavy atom. The number of hydrogen-bond acceptors (Lipinski definition) is 9. The summed E-state index contributed by atoms with van der Waals surface area (Å²) in [4.78, 5) is 49.8. The number of rotatable bonds is 14. The minimum atomic E-state index is -0.756. The van der Waals surface area contributed by atoms with Gasteiger partial charge in [-0.05, 0) is 47.8 Å². The second-order valence-electron chi connectivity index (χ2n) is 12.9. The minimum absolute atomic E-state index is 0.102. The summed E-state index contributed by atoms with van der Waals surface area (Å²) in [5.74, 6) is -1.22. The molecule has 2 unspecified atom stereocenters. The summed E-state index contributed by atoms with van der Waals surface area (Å²) >= 11 is 0. The highest BCUT2D eigenvalue weighted by Crippen LogP contribution is 2.32. The predicted octanol–water partition coefficient (Wildman–Crippen LogP) is 5.41. The Labute approximate surface area is 239 Å². The van der Waals surface area contributed by atoms with E-state index in [4.69, 9.17) is 18.9 Å². The molecule has 3 atom stereocenters. The van der Waals surface area contributed by atoms with Crippen molar-refractivity contribution in [3.63, 3.8) is 0 Å². The van der Waals surface area contributed by atoms with Crippen LogP contribution in [0.25, 0.3) is 0 Å². The molecular weight excluding hydrogens is 514 g/mol. The van der Waals surface area contributed by atoms with Gasteiger partial charge >= 0.3 is 23.9 Å². The van der Waals surface area contributed by atoms with Crippen LogP contribution in [0.4, 0.5) is 0 Å². The van der Waals surface area contributed by atoms with Crippen molar-refractivity contribution in [2.75, 3.05) is 13.7 Å². The lowest BCUT2D eigenvalue weighted by molar-refractivity contribution is -0.149. The van der Waals surface area contributed by atoms with Crippen molar-refractivity contribution in [3.8, 4) is 11.5 Å². The lowest BCUT2D eigenvalue weighted by Gasteiger charge is -2.21. The average molecular weight is 564 g/mol. The van der Waals surface area contributed by atoms with Gasteiger partial charge in [0, 0.05) is 13.0 Å². The summed E-state index contributed by atoms with van der Waals surface area (Å²) in [6.07, 6.45) is 1.30. The Kier molecular flexibility index (Phi) is 13.8. The molecule has 0 saturated carbocycles. The molecule has 0 spiro atoms. The van der Waals surface area contributed by atoms with E-state index in [1.165, 1.54) is 7.11 Å². The van der Waals surface area contributed by atoms with Gasteiger partial charge in [-0.15, -0.1) is 0 Å². The molecule has 0 fully saturated rings. The van der Waals surface area contributed by atoms with Gasteiger partial charge < -0.3 is 24.3 Å². The highest BCUT2D eigenvalue weighted by Gasteiger charge is 2.25. The van der Waals surface area contributed by atoms with Gasteiger partial charge in [-0.3, -0.25) is 19.2 Å². The zero-order valence-electron chi connectivity index (χ0n) is 26.0.